The molecule has 0 spiro atoms. The molecule has 0 saturated carbocycles. The van der Waals surface area contributed by atoms with E-state index in [0.29, 0.717) is 12.2 Å². The van der Waals surface area contributed by atoms with Crippen molar-refractivity contribution in [2.75, 3.05) is 33.3 Å². The van der Waals surface area contributed by atoms with Crippen LogP contribution in [-0.4, -0.2) is 71.6 Å². The Kier molecular flexibility index (Phi) is 14.6. The second-order valence-corrected chi connectivity index (χ2v) is 11.1. The minimum atomic E-state index is -6.72. The van der Waals surface area contributed by atoms with Gasteiger partial charge in [-0.3, -0.25) is 0 Å². The van der Waals surface area contributed by atoms with Gasteiger partial charge >= 0.3 is 17.0 Å². The van der Waals surface area contributed by atoms with Crippen molar-refractivity contribution < 1.29 is 57.2 Å². The summed E-state index contributed by atoms with van der Waals surface area (Å²) in [5, 5.41) is 0. The summed E-state index contributed by atoms with van der Waals surface area (Å²) < 4.78 is 115. The van der Waals surface area contributed by atoms with Crippen LogP contribution >= 0.6 is 0 Å². The molecule has 1 atom stereocenters. The van der Waals surface area contributed by atoms with Gasteiger partial charge in [0.15, 0.2) is 20.0 Å². The molecule has 204 valence electrons. The van der Waals surface area contributed by atoms with Crippen molar-refractivity contribution in [1.82, 2.24) is 0 Å². The van der Waals surface area contributed by atoms with Gasteiger partial charge in [0.1, 0.15) is 0 Å². The van der Waals surface area contributed by atoms with Crippen LogP contribution in [0.1, 0.15) is 52.9 Å². The number of unbranched alkanes of at least 4 members (excludes halogenated alkanes) is 3. The third-order valence-electron chi connectivity index (χ3n) is 4.48. The molecule has 0 aromatic carbocycles. The summed E-state index contributed by atoms with van der Waals surface area (Å²) in [5.74, 6) is -0.266. The lowest BCUT2D eigenvalue weighted by Crippen LogP contribution is -2.45. The number of rotatable bonds is 13. The van der Waals surface area contributed by atoms with Gasteiger partial charge in [-0.2, -0.15) is 26.3 Å². The lowest BCUT2D eigenvalue weighted by atomic mass is 10.1. The fourth-order valence-electron chi connectivity index (χ4n) is 2.42. The maximum absolute atomic E-state index is 11.4. The minimum absolute atomic E-state index is 0.266. The number of nitrogens with zero attached hydrogens (tertiary/aromatic N) is 2. The van der Waals surface area contributed by atoms with Crippen LogP contribution in [0.3, 0.4) is 0 Å². The molecule has 8 nitrogen and oxygen atoms in total. The van der Waals surface area contributed by atoms with E-state index in [9.17, 15) is 48.0 Å². The molecule has 0 aliphatic carbocycles. The summed E-state index contributed by atoms with van der Waals surface area (Å²) in [6, 6.07) is 0. The van der Waals surface area contributed by atoms with Crippen LogP contribution in [0.4, 0.5) is 26.3 Å². The zero-order valence-corrected chi connectivity index (χ0v) is 21.1. The number of sulfonamides is 2. The predicted octanol–water partition coefficient (Wildman–Crippen LogP) is 4.60. The highest BCUT2D eigenvalue weighted by molar-refractivity contribution is 8.13. The summed E-state index contributed by atoms with van der Waals surface area (Å²) in [7, 11) is -11.1. The van der Waals surface area contributed by atoms with Gasteiger partial charge in [0.2, 0.25) is 0 Å². The van der Waals surface area contributed by atoms with Crippen molar-refractivity contribution >= 4 is 26.0 Å². The van der Waals surface area contributed by atoms with Crippen molar-refractivity contribution in [2.24, 2.45) is 0 Å². The van der Waals surface area contributed by atoms with Gasteiger partial charge in [0.05, 0.1) is 33.3 Å². The van der Waals surface area contributed by atoms with Gasteiger partial charge in [-0.15, -0.1) is 0 Å². The molecule has 0 heterocycles. The molecule has 0 fully saturated rings. The zero-order chi connectivity index (χ0) is 27.4. The van der Waals surface area contributed by atoms with Gasteiger partial charge in [-0.25, -0.2) is 21.6 Å². The lowest BCUT2D eigenvalue weighted by Gasteiger charge is -2.33. The fourth-order valence-corrected chi connectivity index (χ4v) is 4.13. The standard InChI is InChI=1S/C16H32NO2.C2F6NO4S2/c1-6-12-17(5,7-2)13-10-8-9-11-14-19-16(18)15(3)4;3-1(4,5)14(10,11)9-15(12,13)2(6,7)8/h3,6-14H2,1-2,4-5H3;/q+1;-1. The first kappa shape index (κ1) is 34.8. The molecule has 0 rings (SSSR count). The molecule has 16 heteroatoms. The van der Waals surface area contributed by atoms with Gasteiger partial charge in [-0.1, -0.05) is 13.5 Å². The summed E-state index contributed by atoms with van der Waals surface area (Å²) in [5.41, 5.74) is -11.9. The first-order valence-corrected chi connectivity index (χ1v) is 13.1. The Balaban J connectivity index is 0. The Morgan fingerprint density at radius 2 is 1.32 bits per heavy atom. The summed E-state index contributed by atoms with van der Waals surface area (Å²) in [4.78, 5) is 11.1. The third kappa shape index (κ3) is 13.5. The first-order chi connectivity index (χ1) is 15.2. The molecule has 0 aliphatic rings. The minimum Gasteiger partial charge on any atom is -0.462 e. The largest absolute Gasteiger partial charge is 0.480 e. The second-order valence-electron chi connectivity index (χ2n) is 7.63. The van der Waals surface area contributed by atoms with Crippen molar-refractivity contribution in [1.29, 1.82) is 0 Å². The molecule has 1 unspecified atom stereocenters. The van der Waals surface area contributed by atoms with Gasteiger partial charge in [-0.05, 0) is 46.0 Å². The molecule has 0 radical (unpaired) electrons. The van der Waals surface area contributed by atoms with E-state index in [1.165, 1.54) is 43.4 Å². The van der Waals surface area contributed by atoms with Crippen LogP contribution in [0.25, 0.3) is 4.13 Å². The zero-order valence-electron chi connectivity index (χ0n) is 19.5. The van der Waals surface area contributed by atoms with E-state index in [2.05, 4.69) is 27.5 Å². The third-order valence-corrected chi connectivity index (χ3v) is 7.22. The number of hydrogen-bond acceptors (Lipinski definition) is 6. The number of alkyl halides is 6. The second kappa shape index (κ2) is 14.2. The molecule has 34 heavy (non-hydrogen) atoms. The van der Waals surface area contributed by atoms with Crippen LogP contribution < -0.4 is 0 Å². The Hall–Kier alpha value is -1.39. The highest BCUT2D eigenvalue weighted by Crippen LogP contribution is 2.36. The molecule has 0 amide bonds. The highest BCUT2D eigenvalue weighted by Gasteiger charge is 2.46. The fraction of sp³-hybridized carbons (Fsp3) is 0.833. The van der Waals surface area contributed by atoms with Gasteiger partial charge < -0.3 is 13.3 Å². The SMILES string of the molecule is C=C(C)C(=O)OCCCCCC[N+](C)(CC)CCC.O=S(=O)([N-]S(=O)(=O)C(F)(F)F)C(F)(F)F. The predicted molar refractivity (Wildman–Crippen MR) is 114 cm³/mol. The molecule has 0 aromatic heterocycles. The molecule has 0 aliphatic heterocycles. The van der Waals surface area contributed by atoms with Gasteiger partial charge in [0, 0.05) is 5.57 Å². The molecule has 0 N–H and O–H groups in total. The maximum atomic E-state index is 11.4. The number of carbonyl (C=O) groups excluding carboxylic acids is 1. The average Bonchev–Trinajstić information content (AvgIpc) is 2.65. The summed E-state index contributed by atoms with van der Waals surface area (Å²) >= 11 is 0. The maximum Gasteiger partial charge on any atom is 0.480 e. The normalized spacial score (nSPS) is 14.5. The van der Waals surface area contributed by atoms with E-state index in [4.69, 9.17) is 4.74 Å². The van der Waals surface area contributed by atoms with Gasteiger partial charge in [0.25, 0.3) is 0 Å². The highest BCUT2D eigenvalue weighted by atomic mass is 32.3. The van der Waals surface area contributed by atoms with Crippen LogP contribution in [0, 0.1) is 0 Å². The van der Waals surface area contributed by atoms with E-state index >= 15 is 0 Å². The van der Waals surface area contributed by atoms with E-state index in [0.717, 1.165) is 17.0 Å². The molecule has 0 aromatic rings. The quantitative estimate of drug-likeness (QED) is 0.109. The van der Waals surface area contributed by atoms with Crippen LogP contribution in [0.5, 0.6) is 0 Å². The Morgan fingerprint density at radius 1 is 0.882 bits per heavy atom. The Morgan fingerprint density at radius 3 is 1.68 bits per heavy atom. The number of hydrogen-bond donors (Lipinski definition) is 0. The molecular weight excluding hydrogens is 518 g/mol. The van der Waals surface area contributed by atoms with Crippen molar-refractivity contribution in [3.8, 4) is 0 Å². The number of carbonyl (C=O) groups is 1. The summed E-state index contributed by atoms with van der Waals surface area (Å²) in [6.45, 7) is 14.0. The molecular formula is C18H32F6N2O6S2. The van der Waals surface area contributed by atoms with Crippen molar-refractivity contribution in [3.63, 3.8) is 0 Å². The Labute approximate surface area is 197 Å². The van der Waals surface area contributed by atoms with Crippen molar-refractivity contribution in [3.05, 3.63) is 16.3 Å². The first-order valence-electron chi connectivity index (χ1n) is 10.2. The monoisotopic (exact) mass is 550 g/mol. The smallest absolute Gasteiger partial charge is 0.462 e. The molecule has 0 saturated heterocycles. The van der Waals surface area contributed by atoms with Crippen LogP contribution in [-0.2, 0) is 29.6 Å². The number of quaternary nitrogens is 1. The van der Waals surface area contributed by atoms with Crippen molar-refractivity contribution in [2.45, 2.75) is 63.9 Å². The van der Waals surface area contributed by atoms with E-state index < -0.39 is 31.1 Å². The summed E-state index contributed by atoms with van der Waals surface area (Å²) in [6.07, 6.45) is 5.84. The Bertz CT molecular complexity index is 815. The number of esters is 1. The van der Waals surface area contributed by atoms with Crippen LogP contribution in [0.15, 0.2) is 12.2 Å². The van der Waals surface area contributed by atoms with Crippen LogP contribution in [0.2, 0.25) is 0 Å². The van der Waals surface area contributed by atoms with E-state index in [-0.39, 0.29) is 5.97 Å². The van der Waals surface area contributed by atoms with E-state index in [1.54, 1.807) is 6.92 Å². The topological polar surface area (TPSA) is 109 Å². The number of ether oxygens (including phenoxy) is 1. The lowest BCUT2D eigenvalue weighted by molar-refractivity contribution is -0.908. The average molecular weight is 551 g/mol. The van der Waals surface area contributed by atoms with E-state index in [1.807, 2.05) is 0 Å². The number of halogens is 6. The molecule has 0 bridgehead atoms.